The fourth-order valence-corrected chi connectivity index (χ4v) is 4.44. The number of nitrogens with zero attached hydrogens (tertiary/aromatic N) is 4. The van der Waals surface area contributed by atoms with Gasteiger partial charge in [0, 0.05) is 41.8 Å². The summed E-state index contributed by atoms with van der Waals surface area (Å²) in [6, 6.07) is 21.7. The van der Waals surface area contributed by atoms with Crippen molar-refractivity contribution < 1.29 is 4.79 Å². The van der Waals surface area contributed by atoms with Crippen molar-refractivity contribution in [3.63, 3.8) is 0 Å². The van der Waals surface area contributed by atoms with Gasteiger partial charge in [-0.15, -0.1) is 0 Å². The van der Waals surface area contributed by atoms with Crippen molar-refractivity contribution in [2.45, 2.75) is 26.8 Å². The highest BCUT2D eigenvalue weighted by Crippen LogP contribution is 2.29. The topological polar surface area (TPSA) is 64.7 Å². The molecular weight excluding hydrogens is 422 g/mol. The van der Waals surface area contributed by atoms with Gasteiger partial charge in [0.15, 0.2) is 0 Å². The molecule has 1 N–H and O–H groups in total. The van der Waals surface area contributed by atoms with Gasteiger partial charge in [-0.2, -0.15) is 5.10 Å². The van der Waals surface area contributed by atoms with Gasteiger partial charge < -0.3 is 9.88 Å². The van der Waals surface area contributed by atoms with Gasteiger partial charge in [0.25, 0.3) is 5.91 Å². The van der Waals surface area contributed by atoms with Crippen LogP contribution in [0.3, 0.4) is 0 Å². The minimum atomic E-state index is -0.150. The van der Waals surface area contributed by atoms with E-state index in [0.717, 1.165) is 44.8 Å². The fourth-order valence-electron chi connectivity index (χ4n) is 4.44. The van der Waals surface area contributed by atoms with E-state index in [0.29, 0.717) is 5.56 Å². The van der Waals surface area contributed by atoms with Crippen molar-refractivity contribution in [2.24, 2.45) is 7.05 Å². The zero-order valence-corrected chi connectivity index (χ0v) is 19.8. The number of hydrogen-bond acceptors (Lipinski definition) is 3. The van der Waals surface area contributed by atoms with Gasteiger partial charge in [0.05, 0.1) is 28.5 Å². The largest absolute Gasteiger partial charge is 0.345 e. The third kappa shape index (κ3) is 3.88. The van der Waals surface area contributed by atoms with E-state index in [1.807, 2.05) is 87.4 Å². The van der Waals surface area contributed by atoms with Crippen molar-refractivity contribution in [3.8, 4) is 16.9 Å². The maximum atomic E-state index is 13.5. The molecule has 6 nitrogen and oxygen atoms in total. The number of aromatic nitrogens is 4. The number of carbonyl (C=O) groups is 1. The van der Waals surface area contributed by atoms with Crippen molar-refractivity contribution in [1.82, 2.24) is 24.6 Å². The molecule has 0 radical (unpaired) electrons. The predicted molar refractivity (Wildman–Crippen MR) is 135 cm³/mol. The fraction of sp³-hybridized carbons (Fsp3) is 0.179. The predicted octanol–water partition coefficient (Wildman–Crippen LogP) is 5.53. The average Bonchev–Trinajstić information content (AvgIpc) is 3.46. The summed E-state index contributed by atoms with van der Waals surface area (Å²) in [5.41, 5.74) is 7.16. The lowest BCUT2D eigenvalue weighted by atomic mass is 10.0. The van der Waals surface area contributed by atoms with Crippen molar-refractivity contribution in [2.75, 3.05) is 0 Å². The first kappa shape index (κ1) is 21.6. The molecule has 1 unspecified atom stereocenters. The molecule has 3 heterocycles. The summed E-state index contributed by atoms with van der Waals surface area (Å²) in [6.45, 7) is 5.99. The lowest BCUT2D eigenvalue weighted by molar-refractivity contribution is 0.0941. The van der Waals surface area contributed by atoms with Crippen molar-refractivity contribution >= 4 is 16.8 Å². The number of benzene rings is 2. The summed E-state index contributed by atoms with van der Waals surface area (Å²) in [5.74, 6) is -0.124. The summed E-state index contributed by atoms with van der Waals surface area (Å²) in [4.78, 5) is 18.4. The molecule has 34 heavy (non-hydrogen) atoms. The molecule has 0 aliphatic rings. The first-order valence-corrected chi connectivity index (χ1v) is 11.4. The molecule has 0 saturated carbocycles. The van der Waals surface area contributed by atoms with E-state index in [9.17, 15) is 4.79 Å². The first-order chi connectivity index (χ1) is 16.4. The van der Waals surface area contributed by atoms with Crippen LogP contribution in [0.1, 0.15) is 40.3 Å². The molecule has 5 aromatic rings. The Hall–Kier alpha value is -4.19. The van der Waals surface area contributed by atoms with E-state index in [-0.39, 0.29) is 11.9 Å². The molecule has 0 spiro atoms. The molecule has 1 amide bonds. The van der Waals surface area contributed by atoms with Crippen LogP contribution >= 0.6 is 0 Å². The highest BCUT2D eigenvalue weighted by atomic mass is 16.1. The highest BCUT2D eigenvalue weighted by Gasteiger charge is 2.19. The lowest BCUT2D eigenvalue weighted by Gasteiger charge is -2.17. The monoisotopic (exact) mass is 449 g/mol. The highest BCUT2D eigenvalue weighted by molar-refractivity contribution is 6.07. The third-order valence-electron chi connectivity index (χ3n) is 6.37. The van der Waals surface area contributed by atoms with E-state index >= 15 is 0 Å². The Morgan fingerprint density at radius 2 is 1.68 bits per heavy atom. The van der Waals surface area contributed by atoms with Crippen LogP contribution in [0.2, 0.25) is 0 Å². The SMILES string of the molecule is Cc1nn(C)c(C)c1-c1cc(C(=O)NC(C)c2ccc(-n3cccc3)cc2)c2ccccc2n1. The number of carbonyl (C=O) groups excluding carboxylic acids is 1. The number of aryl methyl sites for hydroxylation is 2. The molecule has 0 saturated heterocycles. The van der Waals surface area contributed by atoms with E-state index in [4.69, 9.17) is 4.98 Å². The lowest BCUT2D eigenvalue weighted by Crippen LogP contribution is -2.27. The van der Waals surface area contributed by atoms with Crippen LogP contribution in [0.5, 0.6) is 0 Å². The number of para-hydroxylation sites is 1. The van der Waals surface area contributed by atoms with Gasteiger partial charge in [-0.1, -0.05) is 30.3 Å². The number of nitrogens with one attached hydrogen (secondary N) is 1. The number of amides is 1. The van der Waals surface area contributed by atoms with Crippen LogP contribution in [-0.4, -0.2) is 25.2 Å². The molecule has 0 bridgehead atoms. The minimum Gasteiger partial charge on any atom is -0.345 e. The first-order valence-electron chi connectivity index (χ1n) is 11.4. The Kier molecular flexibility index (Phi) is 5.49. The van der Waals surface area contributed by atoms with Crippen LogP contribution in [-0.2, 0) is 7.05 Å². The number of fused-ring (bicyclic) bond motifs is 1. The smallest absolute Gasteiger partial charge is 0.252 e. The maximum Gasteiger partial charge on any atom is 0.252 e. The Morgan fingerprint density at radius 1 is 0.971 bits per heavy atom. The zero-order valence-electron chi connectivity index (χ0n) is 19.8. The van der Waals surface area contributed by atoms with Crippen LogP contribution < -0.4 is 5.32 Å². The van der Waals surface area contributed by atoms with E-state index in [1.54, 1.807) is 0 Å². The summed E-state index contributed by atoms with van der Waals surface area (Å²) in [7, 11) is 1.92. The van der Waals surface area contributed by atoms with Crippen LogP contribution in [0.25, 0.3) is 27.8 Å². The molecule has 6 heteroatoms. The molecule has 5 rings (SSSR count). The maximum absolute atomic E-state index is 13.5. The van der Waals surface area contributed by atoms with E-state index in [2.05, 4.69) is 39.2 Å². The second-order valence-electron chi connectivity index (χ2n) is 8.62. The normalized spacial score (nSPS) is 12.1. The molecule has 2 aromatic carbocycles. The molecule has 1 atom stereocenters. The number of rotatable bonds is 5. The summed E-state index contributed by atoms with van der Waals surface area (Å²) in [5, 5.41) is 8.54. The second kappa shape index (κ2) is 8.63. The van der Waals surface area contributed by atoms with Gasteiger partial charge in [-0.25, -0.2) is 4.98 Å². The van der Waals surface area contributed by atoms with Gasteiger partial charge in [-0.05, 0) is 62.7 Å². The summed E-state index contributed by atoms with van der Waals surface area (Å²) >= 11 is 0. The Labute approximate surface area is 198 Å². The Balaban J connectivity index is 1.48. The van der Waals surface area contributed by atoms with E-state index < -0.39 is 0 Å². The van der Waals surface area contributed by atoms with Gasteiger partial charge in [-0.3, -0.25) is 9.48 Å². The van der Waals surface area contributed by atoms with Crippen LogP contribution in [0.4, 0.5) is 0 Å². The summed E-state index contributed by atoms with van der Waals surface area (Å²) < 4.78 is 3.90. The second-order valence-corrected chi connectivity index (χ2v) is 8.62. The molecular formula is C28H27N5O. The van der Waals surface area contributed by atoms with E-state index in [1.165, 1.54) is 0 Å². The zero-order chi connectivity index (χ0) is 23.8. The Morgan fingerprint density at radius 3 is 2.35 bits per heavy atom. The Bertz CT molecular complexity index is 1480. The third-order valence-corrected chi connectivity index (χ3v) is 6.37. The van der Waals surface area contributed by atoms with Gasteiger partial charge in [0.1, 0.15) is 0 Å². The number of pyridine rings is 1. The molecule has 3 aromatic heterocycles. The van der Waals surface area contributed by atoms with Crippen LogP contribution in [0, 0.1) is 13.8 Å². The van der Waals surface area contributed by atoms with Crippen LogP contribution in [0.15, 0.2) is 79.1 Å². The molecule has 0 aliphatic heterocycles. The van der Waals surface area contributed by atoms with Gasteiger partial charge >= 0.3 is 0 Å². The van der Waals surface area contributed by atoms with Crippen molar-refractivity contribution in [1.29, 1.82) is 0 Å². The number of hydrogen-bond donors (Lipinski definition) is 1. The summed E-state index contributed by atoms with van der Waals surface area (Å²) in [6.07, 6.45) is 4.02. The average molecular weight is 450 g/mol. The quantitative estimate of drug-likeness (QED) is 0.383. The molecule has 0 fully saturated rings. The van der Waals surface area contributed by atoms with Crippen molar-refractivity contribution in [3.05, 3.63) is 102 Å². The minimum absolute atomic E-state index is 0.124. The standard InChI is InChI=1S/C28H27N5O/c1-18(21-11-13-22(14-12-21)33-15-7-8-16-33)29-28(34)24-17-26(27-19(2)31-32(4)20(27)3)30-25-10-6-5-9-23(24)25/h5-18H,1-4H3,(H,29,34). The van der Waals surface area contributed by atoms with Gasteiger partial charge in [0.2, 0.25) is 0 Å². The molecule has 0 aliphatic carbocycles. The molecule has 170 valence electrons.